The maximum absolute atomic E-state index is 12.8. The molecule has 2 aromatic rings. The number of aliphatic carboxylic acids is 1. The molecular weight excluding hydrogens is 454 g/mol. The number of carboxylic acid groups (broad SMARTS) is 1. The lowest BCUT2D eigenvalue weighted by Gasteiger charge is -2.24. The lowest BCUT2D eigenvalue weighted by molar-refractivity contribution is -0.160. The van der Waals surface area contributed by atoms with E-state index in [1.165, 1.54) is 11.8 Å². The first-order valence-electron chi connectivity index (χ1n) is 11.2. The molecule has 3 rings (SSSR count). The van der Waals surface area contributed by atoms with Crippen molar-refractivity contribution in [1.82, 2.24) is 0 Å². The van der Waals surface area contributed by atoms with Gasteiger partial charge in [-0.2, -0.15) is 11.8 Å². The number of hydrogen-bond donors (Lipinski definition) is 2. The highest BCUT2D eigenvalue weighted by atomic mass is 32.2. The van der Waals surface area contributed by atoms with Crippen molar-refractivity contribution >= 4 is 29.7 Å². The van der Waals surface area contributed by atoms with E-state index in [-0.39, 0.29) is 30.7 Å². The first-order chi connectivity index (χ1) is 16.0. The third-order valence-electron chi connectivity index (χ3n) is 5.51. The molecule has 0 saturated heterocycles. The predicted octanol–water partition coefficient (Wildman–Crippen LogP) is 3.98. The summed E-state index contributed by atoms with van der Waals surface area (Å²) in [7, 11) is 0. The molecule has 0 fully saturated rings. The van der Waals surface area contributed by atoms with Crippen LogP contribution in [-0.4, -0.2) is 52.3 Å². The van der Waals surface area contributed by atoms with Crippen LogP contribution in [0.3, 0.4) is 0 Å². The first kappa shape index (κ1) is 25.8. The molecule has 1 aliphatic carbocycles. The van der Waals surface area contributed by atoms with Crippen LogP contribution in [0, 0.1) is 0 Å². The van der Waals surface area contributed by atoms with Crippen molar-refractivity contribution in [2.24, 2.45) is 5.73 Å². The average Bonchev–Trinajstić information content (AvgIpc) is 3.09. The van der Waals surface area contributed by atoms with Crippen LogP contribution in [0.4, 0.5) is 0 Å². The van der Waals surface area contributed by atoms with E-state index in [4.69, 9.17) is 15.2 Å². The summed E-state index contributed by atoms with van der Waals surface area (Å²) in [4.78, 5) is 36.5. The molecule has 8 heteroatoms. The van der Waals surface area contributed by atoms with E-state index in [2.05, 4.69) is 0 Å². The van der Waals surface area contributed by atoms with Crippen LogP contribution in [0.1, 0.15) is 50.7 Å². The molecule has 0 radical (unpaired) electrons. The molecule has 0 saturated carbocycles. The normalized spacial score (nSPS) is 14.6. The van der Waals surface area contributed by atoms with Crippen molar-refractivity contribution in [2.75, 3.05) is 18.1 Å². The Bertz CT molecular complexity index is 1020. The smallest absolute Gasteiger partial charge is 0.338 e. The van der Waals surface area contributed by atoms with Crippen LogP contribution in [0.5, 0.6) is 0 Å². The summed E-state index contributed by atoms with van der Waals surface area (Å²) >= 11 is 1.20. The molecule has 34 heavy (non-hydrogen) atoms. The standard InChI is InChI=1S/C26H31NO6S/c1-25(2,3)33-22(28)13-8-14-34-16-26(27,23(29)30)24(31)32-15-21-19-11-6-4-9-17(19)18-10-5-7-12-20(18)21/h4-7,9-12,21H,8,13-16,27H2,1-3H3,(H,29,30)/t26-/m1/s1. The summed E-state index contributed by atoms with van der Waals surface area (Å²) in [5.74, 6) is -2.61. The Morgan fingerprint density at radius 3 is 2.09 bits per heavy atom. The van der Waals surface area contributed by atoms with E-state index >= 15 is 0 Å². The lowest BCUT2D eigenvalue weighted by Crippen LogP contribution is -2.58. The summed E-state index contributed by atoms with van der Waals surface area (Å²) < 4.78 is 10.7. The highest BCUT2D eigenvalue weighted by molar-refractivity contribution is 7.99. The number of esters is 2. The van der Waals surface area contributed by atoms with Gasteiger partial charge in [-0.1, -0.05) is 48.5 Å². The van der Waals surface area contributed by atoms with Crippen molar-refractivity contribution in [3.8, 4) is 11.1 Å². The van der Waals surface area contributed by atoms with Gasteiger partial charge in [0.1, 0.15) is 12.2 Å². The number of rotatable bonds is 10. The minimum absolute atomic E-state index is 0.00238. The largest absolute Gasteiger partial charge is 0.479 e. The number of carboxylic acids is 1. The van der Waals surface area contributed by atoms with Gasteiger partial charge in [-0.25, -0.2) is 9.59 Å². The maximum Gasteiger partial charge on any atom is 0.338 e. The monoisotopic (exact) mass is 485 g/mol. The number of benzene rings is 2. The molecule has 0 aromatic heterocycles. The fourth-order valence-electron chi connectivity index (χ4n) is 3.88. The van der Waals surface area contributed by atoms with Gasteiger partial charge in [-0.3, -0.25) is 4.79 Å². The number of nitrogens with two attached hydrogens (primary N) is 1. The Morgan fingerprint density at radius 1 is 1.00 bits per heavy atom. The summed E-state index contributed by atoms with van der Waals surface area (Å²) in [6.07, 6.45) is 0.694. The van der Waals surface area contributed by atoms with Gasteiger partial charge in [-0.05, 0) is 55.2 Å². The molecular formula is C26H31NO6S. The Labute approximate surface area is 204 Å². The van der Waals surface area contributed by atoms with Crippen LogP contribution in [0.15, 0.2) is 48.5 Å². The Morgan fingerprint density at radius 2 is 1.56 bits per heavy atom. The summed E-state index contributed by atoms with van der Waals surface area (Å²) in [5, 5.41) is 9.67. The Balaban J connectivity index is 1.57. The van der Waals surface area contributed by atoms with Crippen LogP contribution in [0.25, 0.3) is 11.1 Å². The second-order valence-corrected chi connectivity index (χ2v) is 10.4. The number of hydrogen-bond acceptors (Lipinski definition) is 7. The molecule has 3 N–H and O–H groups in total. The van der Waals surface area contributed by atoms with Gasteiger partial charge in [0.2, 0.25) is 5.54 Å². The van der Waals surface area contributed by atoms with Crippen molar-refractivity contribution in [2.45, 2.75) is 50.7 Å². The van der Waals surface area contributed by atoms with E-state index in [0.29, 0.717) is 12.2 Å². The molecule has 1 aliphatic rings. The Kier molecular flexibility index (Phi) is 8.05. The van der Waals surface area contributed by atoms with E-state index in [0.717, 1.165) is 22.3 Å². The molecule has 0 aliphatic heterocycles. The highest BCUT2D eigenvalue weighted by Gasteiger charge is 2.44. The van der Waals surface area contributed by atoms with Crippen LogP contribution < -0.4 is 5.73 Å². The van der Waals surface area contributed by atoms with E-state index in [9.17, 15) is 19.5 Å². The van der Waals surface area contributed by atoms with Gasteiger partial charge in [0.15, 0.2) is 0 Å². The van der Waals surface area contributed by atoms with Crippen molar-refractivity contribution in [3.63, 3.8) is 0 Å². The van der Waals surface area contributed by atoms with E-state index < -0.39 is 23.1 Å². The van der Waals surface area contributed by atoms with Gasteiger partial charge in [0, 0.05) is 18.1 Å². The van der Waals surface area contributed by atoms with Crippen LogP contribution in [0.2, 0.25) is 0 Å². The average molecular weight is 486 g/mol. The van der Waals surface area contributed by atoms with Crippen LogP contribution >= 0.6 is 11.8 Å². The molecule has 0 bridgehead atoms. The van der Waals surface area contributed by atoms with Gasteiger partial charge in [0.05, 0.1) is 0 Å². The lowest BCUT2D eigenvalue weighted by atomic mass is 9.98. The fourth-order valence-corrected chi connectivity index (χ4v) is 4.94. The number of carbonyl (C=O) groups is 3. The second kappa shape index (κ2) is 10.6. The second-order valence-electron chi connectivity index (χ2n) is 9.34. The fraction of sp³-hybridized carbons (Fsp3) is 0.423. The minimum Gasteiger partial charge on any atom is -0.479 e. The molecule has 0 unspecified atom stereocenters. The number of carbonyl (C=O) groups excluding carboxylic acids is 2. The van der Waals surface area contributed by atoms with Crippen molar-refractivity contribution < 1.29 is 29.0 Å². The predicted molar refractivity (Wildman–Crippen MR) is 132 cm³/mol. The quantitative estimate of drug-likeness (QED) is 0.295. The van der Waals surface area contributed by atoms with Gasteiger partial charge in [-0.15, -0.1) is 0 Å². The third-order valence-corrected chi connectivity index (χ3v) is 6.75. The zero-order chi connectivity index (χ0) is 24.9. The molecule has 0 heterocycles. The first-order valence-corrected chi connectivity index (χ1v) is 12.4. The number of fused-ring (bicyclic) bond motifs is 3. The molecule has 1 atom stereocenters. The topological polar surface area (TPSA) is 116 Å². The number of thioether (sulfide) groups is 1. The van der Waals surface area contributed by atoms with Crippen molar-refractivity contribution in [1.29, 1.82) is 0 Å². The van der Waals surface area contributed by atoms with Gasteiger partial charge < -0.3 is 20.3 Å². The molecule has 0 spiro atoms. The molecule has 7 nitrogen and oxygen atoms in total. The van der Waals surface area contributed by atoms with E-state index in [1.807, 2.05) is 48.5 Å². The minimum atomic E-state index is -2.17. The van der Waals surface area contributed by atoms with E-state index in [1.54, 1.807) is 20.8 Å². The summed E-state index contributed by atoms with van der Waals surface area (Å²) in [5.41, 5.74) is 7.50. The highest BCUT2D eigenvalue weighted by Crippen LogP contribution is 2.44. The Hall–Kier alpha value is -2.84. The summed E-state index contributed by atoms with van der Waals surface area (Å²) in [6, 6.07) is 15.8. The van der Waals surface area contributed by atoms with Crippen molar-refractivity contribution in [3.05, 3.63) is 59.7 Å². The SMILES string of the molecule is CC(C)(C)OC(=O)CCCSC[C@@](N)(C(=O)O)C(=O)OCC1c2ccccc2-c2ccccc21. The third kappa shape index (κ3) is 5.98. The van der Waals surface area contributed by atoms with Gasteiger partial charge >= 0.3 is 17.9 Å². The zero-order valence-corrected chi connectivity index (χ0v) is 20.5. The zero-order valence-electron chi connectivity index (χ0n) is 19.7. The molecule has 2 aromatic carbocycles. The maximum atomic E-state index is 12.8. The molecule has 182 valence electrons. The number of ether oxygens (including phenoxy) is 2. The molecule has 0 amide bonds. The van der Waals surface area contributed by atoms with Crippen LogP contribution in [-0.2, 0) is 23.9 Å². The van der Waals surface area contributed by atoms with Gasteiger partial charge in [0.25, 0.3) is 0 Å². The summed E-state index contributed by atoms with van der Waals surface area (Å²) in [6.45, 7) is 5.39.